The zero-order valence-corrected chi connectivity index (χ0v) is 8.42. The number of nitrogens with zero attached hydrogens (tertiary/aromatic N) is 2. The molecule has 0 bridgehead atoms. The maximum absolute atomic E-state index is 10.9. The molecule has 0 saturated heterocycles. The summed E-state index contributed by atoms with van der Waals surface area (Å²) in [5.74, 6) is 0.963. The first-order valence-electron chi connectivity index (χ1n) is 4.52. The highest BCUT2D eigenvalue weighted by Gasteiger charge is 2.23. The minimum absolute atomic E-state index is 0.306. The quantitative estimate of drug-likeness (QED) is 0.732. The third kappa shape index (κ3) is 1.78. The van der Waals surface area contributed by atoms with Gasteiger partial charge in [-0.25, -0.2) is 18.5 Å². The predicted molar refractivity (Wildman–Crippen MR) is 49.0 cm³/mol. The third-order valence-corrected chi connectivity index (χ3v) is 3.17. The normalized spacial score (nSPS) is 18.9. The smallest absolute Gasteiger partial charge is 0.262 e. The van der Waals surface area contributed by atoms with E-state index in [-0.39, 0.29) is 5.16 Å². The Kier molecular flexibility index (Phi) is 2.28. The van der Waals surface area contributed by atoms with Crippen LogP contribution in [0.3, 0.4) is 0 Å². The van der Waals surface area contributed by atoms with Crippen molar-refractivity contribution >= 4 is 10.0 Å². The molecule has 1 fully saturated rings. The molecule has 6 nitrogen and oxygen atoms in total. The van der Waals surface area contributed by atoms with Crippen molar-refractivity contribution in [1.82, 2.24) is 15.2 Å². The van der Waals surface area contributed by atoms with Gasteiger partial charge in [0.05, 0.1) is 0 Å². The Morgan fingerprint density at radius 2 is 2.00 bits per heavy atom. The average Bonchev–Trinajstić information content (AvgIpc) is 2.73. The molecule has 78 valence electrons. The second-order valence-electron chi connectivity index (χ2n) is 3.53. The molecule has 14 heavy (non-hydrogen) atoms. The van der Waals surface area contributed by atoms with E-state index in [2.05, 4.69) is 15.2 Å². The first-order chi connectivity index (χ1) is 6.57. The fraction of sp³-hybridized carbons (Fsp3) is 0.714. The molecule has 7 heteroatoms. The molecule has 1 aromatic heterocycles. The van der Waals surface area contributed by atoms with Crippen LogP contribution in [-0.4, -0.2) is 23.6 Å². The Morgan fingerprint density at radius 1 is 1.36 bits per heavy atom. The van der Waals surface area contributed by atoms with Crippen LogP contribution < -0.4 is 5.14 Å². The minimum Gasteiger partial charge on any atom is -0.262 e. The van der Waals surface area contributed by atoms with E-state index < -0.39 is 10.0 Å². The Bertz CT molecular complexity index is 419. The number of hydrogen-bond acceptors (Lipinski definition) is 4. The Labute approximate surface area is 82.0 Å². The average molecular weight is 216 g/mol. The van der Waals surface area contributed by atoms with Gasteiger partial charge in [0.2, 0.25) is 0 Å². The van der Waals surface area contributed by atoms with Gasteiger partial charge in [-0.2, -0.15) is 0 Å². The lowest BCUT2D eigenvalue weighted by molar-refractivity contribution is 0.589. The molecule has 2 rings (SSSR count). The van der Waals surface area contributed by atoms with Crippen LogP contribution in [0.25, 0.3) is 0 Å². The highest BCUT2D eigenvalue weighted by Crippen LogP contribution is 2.31. The maximum Gasteiger partial charge on any atom is 0.282 e. The van der Waals surface area contributed by atoms with Crippen molar-refractivity contribution in [1.29, 1.82) is 0 Å². The number of rotatable bonds is 2. The molecule has 0 amide bonds. The van der Waals surface area contributed by atoms with Gasteiger partial charge in [-0.15, -0.1) is 5.10 Å². The molecule has 1 aromatic rings. The molecule has 0 unspecified atom stereocenters. The number of aromatic amines is 1. The molecule has 0 atom stereocenters. The van der Waals surface area contributed by atoms with Gasteiger partial charge in [0.25, 0.3) is 15.2 Å². The van der Waals surface area contributed by atoms with Crippen molar-refractivity contribution in [2.45, 2.75) is 36.8 Å². The van der Waals surface area contributed by atoms with Gasteiger partial charge in [0, 0.05) is 5.92 Å². The highest BCUT2D eigenvalue weighted by atomic mass is 32.2. The zero-order chi connectivity index (χ0) is 10.2. The van der Waals surface area contributed by atoms with E-state index >= 15 is 0 Å². The fourth-order valence-corrected chi connectivity index (χ4v) is 2.17. The van der Waals surface area contributed by atoms with Crippen LogP contribution in [0.1, 0.15) is 37.4 Å². The zero-order valence-electron chi connectivity index (χ0n) is 7.60. The Morgan fingerprint density at radius 3 is 2.50 bits per heavy atom. The van der Waals surface area contributed by atoms with E-state index in [1.54, 1.807) is 0 Å². The van der Waals surface area contributed by atoms with E-state index in [0.717, 1.165) is 25.7 Å². The number of aromatic nitrogens is 3. The largest absolute Gasteiger partial charge is 0.282 e. The monoisotopic (exact) mass is 216 g/mol. The van der Waals surface area contributed by atoms with Gasteiger partial charge in [-0.05, 0) is 12.8 Å². The number of nitrogens with one attached hydrogen (secondary N) is 1. The van der Waals surface area contributed by atoms with E-state index in [9.17, 15) is 8.42 Å². The molecule has 0 radical (unpaired) electrons. The molecular weight excluding hydrogens is 204 g/mol. The van der Waals surface area contributed by atoms with E-state index in [0.29, 0.717) is 11.7 Å². The summed E-state index contributed by atoms with van der Waals surface area (Å²) in [6.45, 7) is 0. The van der Waals surface area contributed by atoms with Gasteiger partial charge in [0.15, 0.2) is 0 Å². The number of H-pyrrole nitrogens is 1. The van der Waals surface area contributed by atoms with E-state index in [1.807, 2.05) is 0 Å². The van der Waals surface area contributed by atoms with Crippen LogP contribution in [0.15, 0.2) is 5.16 Å². The minimum atomic E-state index is -3.77. The van der Waals surface area contributed by atoms with Gasteiger partial charge in [-0.1, -0.05) is 12.8 Å². The van der Waals surface area contributed by atoms with Crippen LogP contribution in [-0.2, 0) is 10.0 Å². The summed E-state index contributed by atoms with van der Waals surface area (Å²) < 4.78 is 21.8. The summed E-state index contributed by atoms with van der Waals surface area (Å²) in [5.41, 5.74) is 0. The Hall–Kier alpha value is -0.950. The van der Waals surface area contributed by atoms with Gasteiger partial charge in [-0.3, -0.25) is 5.10 Å². The topological polar surface area (TPSA) is 102 Å². The number of sulfonamides is 1. The van der Waals surface area contributed by atoms with Gasteiger partial charge in [0.1, 0.15) is 5.82 Å². The van der Waals surface area contributed by atoms with Crippen molar-refractivity contribution < 1.29 is 8.42 Å². The molecule has 0 spiro atoms. The van der Waals surface area contributed by atoms with Crippen molar-refractivity contribution in [2.75, 3.05) is 0 Å². The Balaban J connectivity index is 2.25. The van der Waals surface area contributed by atoms with Crippen LogP contribution >= 0.6 is 0 Å². The lowest BCUT2D eigenvalue weighted by atomic mass is 10.1. The molecular formula is C7H12N4O2S. The van der Waals surface area contributed by atoms with Gasteiger partial charge >= 0.3 is 0 Å². The molecule has 3 N–H and O–H groups in total. The maximum atomic E-state index is 10.9. The van der Waals surface area contributed by atoms with Crippen molar-refractivity contribution in [3.05, 3.63) is 5.82 Å². The molecule has 0 aromatic carbocycles. The lowest BCUT2D eigenvalue weighted by Gasteiger charge is -2.01. The summed E-state index contributed by atoms with van der Waals surface area (Å²) in [6.07, 6.45) is 4.41. The van der Waals surface area contributed by atoms with E-state index in [4.69, 9.17) is 5.14 Å². The third-order valence-electron chi connectivity index (χ3n) is 2.48. The SMILES string of the molecule is NS(=O)(=O)c1n[nH]c(C2CCCC2)n1. The van der Waals surface area contributed by atoms with Crippen molar-refractivity contribution in [3.63, 3.8) is 0 Å². The van der Waals surface area contributed by atoms with Crippen LogP contribution in [0.2, 0.25) is 0 Å². The van der Waals surface area contributed by atoms with E-state index in [1.165, 1.54) is 0 Å². The lowest BCUT2D eigenvalue weighted by Crippen LogP contribution is -2.14. The van der Waals surface area contributed by atoms with Crippen molar-refractivity contribution in [2.24, 2.45) is 5.14 Å². The van der Waals surface area contributed by atoms with Crippen LogP contribution in [0.5, 0.6) is 0 Å². The second-order valence-corrected chi connectivity index (χ2v) is 4.98. The molecule has 1 aliphatic carbocycles. The molecule has 1 saturated carbocycles. The van der Waals surface area contributed by atoms with Crippen LogP contribution in [0, 0.1) is 0 Å². The first-order valence-corrected chi connectivity index (χ1v) is 6.07. The molecule has 1 aliphatic rings. The van der Waals surface area contributed by atoms with Gasteiger partial charge < -0.3 is 0 Å². The summed E-state index contributed by atoms with van der Waals surface area (Å²) in [5, 5.41) is 10.8. The summed E-state index contributed by atoms with van der Waals surface area (Å²) in [4.78, 5) is 3.88. The highest BCUT2D eigenvalue weighted by molar-refractivity contribution is 7.89. The molecule has 0 aliphatic heterocycles. The number of nitrogens with two attached hydrogens (primary N) is 1. The van der Waals surface area contributed by atoms with Crippen LogP contribution in [0.4, 0.5) is 0 Å². The summed E-state index contributed by atoms with van der Waals surface area (Å²) in [7, 11) is -3.77. The predicted octanol–water partition coefficient (Wildman–Crippen LogP) is 0.110. The second kappa shape index (κ2) is 3.32. The standard InChI is InChI=1S/C7H12N4O2S/c8-14(12,13)7-9-6(10-11-7)5-3-1-2-4-5/h5H,1-4H2,(H2,8,12,13)(H,9,10,11). The summed E-state index contributed by atoms with van der Waals surface area (Å²) >= 11 is 0. The number of hydrogen-bond donors (Lipinski definition) is 2. The molecule has 1 heterocycles. The summed E-state index contributed by atoms with van der Waals surface area (Å²) in [6, 6.07) is 0. The fourth-order valence-electron chi connectivity index (χ4n) is 1.77. The first kappa shape index (κ1) is 9.60. The number of primary sulfonamides is 1. The van der Waals surface area contributed by atoms with Crippen molar-refractivity contribution in [3.8, 4) is 0 Å².